The molecule has 1 aromatic rings. The minimum absolute atomic E-state index is 0.0296. The molecule has 0 saturated carbocycles. The number of likely N-dealkylation sites (N-methyl/N-ethyl adjacent to an activating group) is 1. The van der Waals surface area contributed by atoms with Crippen molar-refractivity contribution in [3.63, 3.8) is 0 Å². The van der Waals surface area contributed by atoms with E-state index >= 15 is 0 Å². The van der Waals surface area contributed by atoms with E-state index in [-0.39, 0.29) is 23.5 Å². The predicted molar refractivity (Wildman–Crippen MR) is 89.4 cm³/mol. The number of hydrogen-bond acceptors (Lipinski definition) is 5. The molecule has 2 rings (SSSR count). The van der Waals surface area contributed by atoms with Gasteiger partial charge in [-0.3, -0.25) is 4.79 Å². The molecular weight excluding hydrogens is 332 g/mol. The molecule has 8 heteroatoms. The van der Waals surface area contributed by atoms with Crippen molar-refractivity contribution in [2.75, 3.05) is 33.4 Å². The highest BCUT2D eigenvalue weighted by Crippen LogP contribution is 2.18. The summed E-state index contributed by atoms with van der Waals surface area (Å²) in [5, 5.41) is 2.71. The fourth-order valence-electron chi connectivity index (χ4n) is 2.43. The van der Waals surface area contributed by atoms with Crippen LogP contribution in [0, 0.1) is 0 Å². The van der Waals surface area contributed by atoms with Crippen molar-refractivity contribution in [2.24, 2.45) is 0 Å². The number of ether oxygens (including phenoxy) is 2. The first-order valence-corrected chi connectivity index (χ1v) is 9.45. The summed E-state index contributed by atoms with van der Waals surface area (Å²) in [4.78, 5) is 12.1. The van der Waals surface area contributed by atoms with Crippen LogP contribution in [-0.2, 0) is 19.6 Å². The van der Waals surface area contributed by atoms with Gasteiger partial charge in [0.05, 0.1) is 24.2 Å². The number of carbonyl (C=O) groups is 1. The fourth-order valence-corrected chi connectivity index (χ4v) is 3.56. The smallest absolute Gasteiger partial charge is 0.243 e. The van der Waals surface area contributed by atoms with Crippen molar-refractivity contribution in [2.45, 2.75) is 30.8 Å². The Bertz CT molecular complexity index is 639. The average molecular weight is 356 g/mol. The second-order valence-corrected chi connectivity index (χ2v) is 7.65. The third kappa shape index (κ3) is 4.93. The van der Waals surface area contributed by atoms with E-state index in [0.29, 0.717) is 25.5 Å². The van der Waals surface area contributed by atoms with E-state index < -0.39 is 10.0 Å². The summed E-state index contributed by atoms with van der Waals surface area (Å²) >= 11 is 0. The van der Waals surface area contributed by atoms with E-state index in [1.54, 1.807) is 12.1 Å². The van der Waals surface area contributed by atoms with Gasteiger partial charge in [-0.1, -0.05) is 0 Å². The number of sulfonamides is 1. The molecule has 0 aliphatic carbocycles. The molecule has 1 saturated heterocycles. The number of amides is 1. The maximum Gasteiger partial charge on any atom is 0.243 e. The Kier molecular flexibility index (Phi) is 6.59. The van der Waals surface area contributed by atoms with E-state index in [9.17, 15) is 13.2 Å². The van der Waals surface area contributed by atoms with Gasteiger partial charge in [-0.25, -0.2) is 8.42 Å². The second-order valence-electron chi connectivity index (χ2n) is 5.60. The minimum Gasteiger partial charge on any atom is -0.494 e. The Morgan fingerprint density at radius 2 is 2.08 bits per heavy atom. The Morgan fingerprint density at radius 3 is 2.67 bits per heavy atom. The van der Waals surface area contributed by atoms with Crippen LogP contribution in [0.4, 0.5) is 0 Å². The maximum absolute atomic E-state index is 12.5. The molecule has 0 bridgehead atoms. The second kappa shape index (κ2) is 8.46. The summed E-state index contributed by atoms with van der Waals surface area (Å²) in [6.45, 7) is 3.26. The Labute approximate surface area is 143 Å². The normalized spacial score (nSPS) is 17.9. The van der Waals surface area contributed by atoms with Crippen molar-refractivity contribution < 1.29 is 22.7 Å². The molecule has 0 radical (unpaired) electrons. The number of rotatable bonds is 8. The lowest BCUT2D eigenvalue weighted by Crippen LogP contribution is -2.40. The zero-order chi connectivity index (χ0) is 17.6. The molecule has 1 heterocycles. The van der Waals surface area contributed by atoms with E-state index in [2.05, 4.69) is 5.32 Å². The van der Waals surface area contributed by atoms with Gasteiger partial charge in [0.15, 0.2) is 0 Å². The SMILES string of the molecule is CCOc1ccc(S(=O)(=O)N(C)CC(=O)NC[C@@H]2CCCO2)cc1. The van der Waals surface area contributed by atoms with Crippen LogP contribution >= 0.6 is 0 Å². The van der Waals surface area contributed by atoms with Gasteiger partial charge in [0, 0.05) is 20.2 Å². The molecule has 1 fully saturated rings. The lowest BCUT2D eigenvalue weighted by atomic mass is 10.2. The average Bonchev–Trinajstić information content (AvgIpc) is 3.07. The van der Waals surface area contributed by atoms with E-state index in [0.717, 1.165) is 17.1 Å². The molecule has 0 unspecified atom stereocenters. The number of nitrogens with zero attached hydrogens (tertiary/aromatic N) is 1. The first-order chi connectivity index (χ1) is 11.4. The molecular formula is C16H24N2O5S. The van der Waals surface area contributed by atoms with Gasteiger partial charge in [-0.15, -0.1) is 0 Å². The summed E-state index contributed by atoms with van der Waals surface area (Å²) in [5.41, 5.74) is 0. The Balaban J connectivity index is 1.91. The highest BCUT2D eigenvalue weighted by Gasteiger charge is 2.23. The van der Waals surface area contributed by atoms with E-state index in [4.69, 9.17) is 9.47 Å². The van der Waals surface area contributed by atoms with Crippen molar-refractivity contribution in [3.8, 4) is 5.75 Å². The Morgan fingerprint density at radius 1 is 1.38 bits per heavy atom. The van der Waals surface area contributed by atoms with Gasteiger partial charge in [0.2, 0.25) is 15.9 Å². The predicted octanol–water partition coefficient (Wildman–Crippen LogP) is 1.00. The summed E-state index contributed by atoms with van der Waals surface area (Å²) in [6, 6.07) is 6.14. The minimum atomic E-state index is -3.72. The van der Waals surface area contributed by atoms with Crippen LogP contribution in [0.2, 0.25) is 0 Å². The third-order valence-electron chi connectivity index (χ3n) is 3.76. The molecule has 0 spiro atoms. The lowest BCUT2D eigenvalue weighted by Gasteiger charge is -2.18. The zero-order valence-electron chi connectivity index (χ0n) is 14.0. The van der Waals surface area contributed by atoms with Gasteiger partial charge >= 0.3 is 0 Å². The van der Waals surface area contributed by atoms with Crippen molar-refractivity contribution in [1.29, 1.82) is 0 Å². The molecule has 1 aromatic carbocycles. The molecule has 1 N–H and O–H groups in total. The van der Waals surface area contributed by atoms with E-state index in [1.165, 1.54) is 19.2 Å². The fraction of sp³-hybridized carbons (Fsp3) is 0.562. The highest BCUT2D eigenvalue weighted by molar-refractivity contribution is 7.89. The van der Waals surface area contributed by atoms with Crippen LogP contribution in [0.5, 0.6) is 5.75 Å². The highest BCUT2D eigenvalue weighted by atomic mass is 32.2. The van der Waals surface area contributed by atoms with Crippen LogP contribution in [0.15, 0.2) is 29.2 Å². The molecule has 1 aliphatic rings. The summed E-state index contributed by atoms with van der Waals surface area (Å²) in [6.07, 6.45) is 1.94. The number of benzene rings is 1. The van der Waals surface area contributed by atoms with Gasteiger partial charge < -0.3 is 14.8 Å². The molecule has 1 aliphatic heterocycles. The third-order valence-corrected chi connectivity index (χ3v) is 5.58. The quantitative estimate of drug-likeness (QED) is 0.751. The van der Waals surface area contributed by atoms with Crippen LogP contribution in [-0.4, -0.2) is 58.1 Å². The first kappa shape index (κ1) is 18.7. The van der Waals surface area contributed by atoms with Gasteiger partial charge in [0.1, 0.15) is 5.75 Å². The molecule has 7 nitrogen and oxygen atoms in total. The van der Waals surface area contributed by atoms with E-state index in [1.807, 2.05) is 6.92 Å². The molecule has 1 atom stereocenters. The van der Waals surface area contributed by atoms with Crippen LogP contribution in [0.1, 0.15) is 19.8 Å². The zero-order valence-corrected chi connectivity index (χ0v) is 14.8. The van der Waals surface area contributed by atoms with Gasteiger partial charge in [-0.05, 0) is 44.0 Å². The largest absolute Gasteiger partial charge is 0.494 e. The summed E-state index contributed by atoms with van der Waals surface area (Å²) in [5.74, 6) is 0.260. The lowest BCUT2D eigenvalue weighted by molar-refractivity contribution is -0.121. The number of carbonyl (C=O) groups excluding carboxylic acids is 1. The van der Waals surface area contributed by atoms with Gasteiger partial charge in [0.25, 0.3) is 0 Å². The molecule has 24 heavy (non-hydrogen) atoms. The van der Waals surface area contributed by atoms with Crippen molar-refractivity contribution in [1.82, 2.24) is 9.62 Å². The summed E-state index contributed by atoms with van der Waals surface area (Å²) in [7, 11) is -2.33. The maximum atomic E-state index is 12.5. The summed E-state index contributed by atoms with van der Waals surface area (Å²) < 4.78 is 36.7. The molecule has 0 aromatic heterocycles. The monoisotopic (exact) mass is 356 g/mol. The number of hydrogen-bond donors (Lipinski definition) is 1. The Hall–Kier alpha value is -1.64. The van der Waals surface area contributed by atoms with Crippen molar-refractivity contribution >= 4 is 15.9 Å². The van der Waals surface area contributed by atoms with Crippen LogP contribution < -0.4 is 10.1 Å². The van der Waals surface area contributed by atoms with Crippen LogP contribution in [0.3, 0.4) is 0 Å². The van der Waals surface area contributed by atoms with Crippen molar-refractivity contribution in [3.05, 3.63) is 24.3 Å². The standard InChI is InChI=1S/C16H24N2O5S/c1-3-22-13-6-8-15(9-7-13)24(20,21)18(2)12-16(19)17-11-14-5-4-10-23-14/h6-9,14H,3-5,10-12H2,1-2H3,(H,17,19)/t14-/m0/s1. The number of nitrogens with one attached hydrogen (secondary N) is 1. The topological polar surface area (TPSA) is 84.9 Å². The van der Waals surface area contributed by atoms with Gasteiger partial charge in [-0.2, -0.15) is 4.31 Å². The first-order valence-electron chi connectivity index (χ1n) is 8.01. The molecule has 134 valence electrons. The van der Waals surface area contributed by atoms with Crippen LogP contribution in [0.25, 0.3) is 0 Å². The molecule has 1 amide bonds.